The summed E-state index contributed by atoms with van der Waals surface area (Å²) in [7, 11) is 0. The molecule has 0 heterocycles. The topological polar surface area (TPSA) is 60.2 Å². The fourth-order valence-corrected chi connectivity index (χ4v) is 1.33. The standard InChI is InChI=1S/C8H6BrNO2/c9-7-2-5(4-11)1-6(3-7)8(10)12/h1-4H,(H2,10,12). The summed E-state index contributed by atoms with van der Waals surface area (Å²) in [6.45, 7) is 0. The summed E-state index contributed by atoms with van der Waals surface area (Å²) in [6, 6.07) is 4.62. The number of primary amides is 1. The Kier molecular flexibility index (Phi) is 2.60. The maximum Gasteiger partial charge on any atom is 0.248 e. The first-order valence-corrected chi connectivity index (χ1v) is 3.98. The van der Waals surface area contributed by atoms with Gasteiger partial charge in [0, 0.05) is 15.6 Å². The van der Waals surface area contributed by atoms with E-state index in [0.29, 0.717) is 21.9 Å². The Morgan fingerprint density at radius 1 is 1.42 bits per heavy atom. The van der Waals surface area contributed by atoms with Crippen LogP contribution in [-0.4, -0.2) is 12.2 Å². The van der Waals surface area contributed by atoms with E-state index in [9.17, 15) is 9.59 Å². The molecule has 0 radical (unpaired) electrons. The van der Waals surface area contributed by atoms with Crippen molar-refractivity contribution in [2.24, 2.45) is 5.73 Å². The summed E-state index contributed by atoms with van der Waals surface area (Å²) < 4.78 is 0.668. The van der Waals surface area contributed by atoms with E-state index < -0.39 is 5.91 Å². The molecule has 0 atom stereocenters. The number of aldehydes is 1. The number of rotatable bonds is 2. The van der Waals surface area contributed by atoms with Crippen LogP contribution in [0.25, 0.3) is 0 Å². The first-order chi connectivity index (χ1) is 5.63. The smallest absolute Gasteiger partial charge is 0.248 e. The zero-order valence-electron chi connectivity index (χ0n) is 6.08. The maximum atomic E-state index is 10.7. The normalized spacial score (nSPS) is 9.42. The Labute approximate surface area is 77.7 Å². The minimum Gasteiger partial charge on any atom is -0.366 e. The number of carbonyl (C=O) groups excluding carboxylic acids is 2. The van der Waals surface area contributed by atoms with Crippen LogP contribution in [-0.2, 0) is 0 Å². The number of amides is 1. The van der Waals surface area contributed by atoms with Crippen molar-refractivity contribution in [3.8, 4) is 0 Å². The Balaban J connectivity index is 3.23. The zero-order chi connectivity index (χ0) is 9.14. The SMILES string of the molecule is NC(=O)c1cc(Br)cc(C=O)c1. The lowest BCUT2D eigenvalue weighted by Gasteiger charge is -1.97. The van der Waals surface area contributed by atoms with Crippen LogP contribution in [0.15, 0.2) is 22.7 Å². The van der Waals surface area contributed by atoms with E-state index in [1.165, 1.54) is 6.07 Å². The summed E-state index contributed by atoms with van der Waals surface area (Å²) in [4.78, 5) is 21.1. The van der Waals surface area contributed by atoms with E-state index in [-0.39, 0.29) is 0 Å². The van der Waals surface area contributed by atoms with Gasteiger partial charge in [0.05, 0.1) is 0 Å². The van der Waals surface area contributed by atoms with Gasteiger partial charge in [-0.15, -0.1) is 0 Å². The maximum absolute atomic E-state index is 10.7. The number of halogens is 1. The highest BCUT2D eigenvalue weighted by Gasteiger charge is 2.02. The lowest BCUT2D eigenvalue weighted by Crippen LogP contribution is -2.11. The molecular formula is C8H6BrNO2. The third kappa shape index (κ3) is 1.92. The number of hydrogen-bond donors (Lipinski definition) is 1. The van der Waals surface area contributed by atoms with Gasteiger partial charge in [0.15, 0.2) is 0 Å². The molecule has 12 heavy (non-hydrogen) atoms. The second kappa shape index (κ2) is 3.49. The van der Waals surface area contributed by atoms with Crippen LogP contribution in [0.4, 0.5) is 0 Å². The van der Waals surface area contributed by atoms with Crippen LogP contribution >= 0.6 is 15.9 Å². The Bertz CT molecular complexity index is 336. The van der Waals surface area contributed by atoms with Crippen molar-refractivity contribution in [2.45, 2.75) is 0 Å². The van der Waals surface area contributed by atoms with E-state index in [2.05, 4.69) is 15.9 Å². The average Bonchev–Trinajstić information content (AvgIpc) is 2.03. The summed E-state index contributed by atoms with van der Waals surface area (Å²) >= 11 is 3.16. The Morgan fingerprint density at radius 3 is 2.58 bits per heavy atom. The molecule has 0 saturated heterocycles. The molecule has 4 heteroatoms. The van der Waals surface area contributed by atoms with Gasteiger partial charge in [0.1, 0.15) is 6.29 Å². The molecule has 1 aromatic carbocycles. The zero-order valence-corrected chi connectivity index (χ0v) is 7.67. The molecule has 1 aromatic rings. The quantitative estimate of drug-likeness (QED) is 0.776. The van der Waals surface area contributed by atoms with E-state index in [0.717, 1.165) is 0 Å². The molecule has 0 aliphatic carbocycles. The van der Waals surface area contributed by atoms with Crippen LogP contribution in [0.1, 0.15) is 20.7 Å². The van der Waals surface area contributed by atoms with Gasteiger partial charge in [0.2, 0.25) is 5.91 Å². The fourth-order valence-electron chi connectivity index (χ4n) is 0.823. The molecule has 2 N–H and O–H groups in total. The lowest BCUT2D eigenvalue weighted by molar-refractivity contribution is 0.1000. The van der Waals surface area contributed by atoms with E-state index in [1.54, 1.807) is 12.1 Å². The molecule has 0 bridgehead atoms. The van der Waals surface area contributed by atoms with Gasteiger partial charge in [-0.2, -0.15) is 0 Å². The van der Waals surface area contributed by atoms with E-state index in [4.69, 9.17) is 5.73 Å². The summed E-state index contributed by atoms with van der Waals surface area (Å²) in [5.74, 6) is -0.542. The molecule has 1 rings (SSSR count). The number of carbonyl (C=O) groups is 2. The summed E-state index contributed by atoms with van der Waals surface area (Å²) in [5.41, 5.74) is 5.78. The first kappa shape index (κ1) is 8.93. The van der Waals surface area contributed by atoms with Crippen molar-refractivity contribution in [1.29, 1.82) is 0 Å². The first-order valence-electron chi connectivity index (χ1n) is 3.19. The number of hydrogen-bond acceptors (Lipinski definition) is 2. The third-order valence-electron chi connectivity index (χ3n) is 1.34. The van der Waals surface area contributed by atoms with Gasteiger partial charge in [-0.05, 0) is 18.2 Å². The highest BCUT2D eigenvalue weighted by atomic mass is 79.9. The molecular weight excluding hydrogens is 222 g/mol. The summed E-state index contributed by atoms with van der Waals surface area (Å²) in [6.07, 6.45) is 0.664. The van der Waals surface area contributed by atoms with Crippen molar-refractivity contribution in [1.82, 2.24) is 0 Å². The molecule has 3 nitrogen and oxygen atoms in total. The van der Waals surface area contributed by atoms with Crippen molar-refractivity contribution < 1.29 is 9.59 Å². The van der Waals surface area contributed by atoms with Gasteiger partial charge in [-0.25, -0.2) is 0 Å². The molecule has 0 unspecified atom stereocenters. The van der Waals surface area contributed by atoms with Crippen molar-refractivity contribution in [3.05, 3.63) is 33.8 Å². The van der Waals surface area contributed by atoms with Crippen LogP contribution < -0.4 is 5.73 Å². The predicted octanol–water partition coefficient (Wildman–Crippen LogP) is 1.36. The van der Waals surface area contributed by atoms with Gasteiger partial charge in [-0.3, -0.25) is 9.59 Å². The van der Waals surface area contributed by atoms with E-state index >= 15 is 0 Å². The molecule has 0 spiro atoms. The van der Waals surface area contributed by atoms with Gasteiger partial charge in [0.25, 0.3) is 0 Å². The molecule has 0 aliphatic heterocycles. The number of benzene rings is 1. The molecule has 1 amide bonds. The molecule has 0 aromatic heterocycles. The highest BCUT2D eigenvalue weighted by molar-refractivity contribution is 9.10. The van der Waals surface area contributed by atoms with Crippen molar-refractivity contribution in [3.63, 3.8) is 0 Å². The van der Waals surface area contributed by atoms with Crippen molar-refractivity contribution >= 4 is 28.1 Å². The fraction of sp³-hybridized carbons (Fsp3) is 0. The Hall–Kier alpha value is -1.16. The molecule has 0 aliphatic rings. The monoisotopic (exact) mass is 227 g/mol. The second-order valence-corrected chi connectivity index (χ2v) is 3.17. The third-order valence-corrected chi connectivity index (χ3v) is 1.80. The molecule has 0 fully saturated rings. The van der Waals surface area contributed by atoms with Crippen molar-refractivity contribution in [2.75, 3.05) is 0 Å². The van der Waals surface area contributed by atoms with Crippen LogP contribution in [0, 0.1) is 0 Å². The largest absolute Gasteiger partial charge is 0.366 e. The minimum atomic E-state index is -0.542. The lowest BCUT2D eigenvalue weighted by atomic mass is 10.1. The highest BCUT2D eigenvalue weighted by Crippen LogP contribution is 2.14. The second-order valence-electron chi connectivity index (χ2n) is 2.26. The van der Waals surface area contributed by atoms with Gasteiger partial charge >= 0.3 is 0 Å². The van der Waals surface area contributed by atoms with Crippen LogP contribution in [0.3, 0.4) is 0 Å². The number of nitrogens with two attached hydrogens (primary N) is 1. The van der Waals surface area contributed by atoms with Gasteiger partial charge < -0.3 is 5.73 Å². The Morgan fingerprint density at radius 2 is 2.08 bits per heavy atom. The van der Waals surface area contributed by atoms with Crippen LogP contribution in [0.2, 0.25) is 0 Å². The predicted molar refractivity (Wildman–Crippen MR) is 48.0 cm³/mol. The van der Waals surface area contributed by atoms with Crippen LogP contribution in [0.5, 0.6) is 0 Å². The molecule has 0 saturated carbocycles. The average molecular weight is 228 g/mol. The molecule has 62 valence electrons. The van der Waals surface area contributed by atoms with Gasteiger partial charge in [-0.1, -0.05) is 15.9 Å². The van der Waals surface area contributed by atoms with E-state index in [1.807, 2.05) is 0 Å². The minimum absolute atomic E-state index is 0.325. The summed E-state index contributed by atoms with van der Waals surface area (Å²) in [5, 5.41) is 0.